The molecule has 0 saturated carbocycles. The Hall–Kier alpha value is -2.54. The molecular formula is C20H23N3O3S. The molecule has 0 bridgehead atoms. The predicted octanol–water partition coefficient (Wildman–Crippen LogP) is 3.41. The van der Waals surface area contributed by atoms with Crippen LogP contribution in [0.5, 0.6) is 5.75 Å². The Kier molecular flexibility index (Phi) is 5.41. The number of benzene rings is 1. The molecule has 2 heterocycles. The van der Waals surface area contributed by atoms with Gasteiger partial charge in [0.05, 0.1) is 30.3 Å². The van der Waals surface area contributed by atoms with Crippen LogP contribution in [0.4, 0.5) is 5.69 Å². The summed E-state index contributed by atoms with van der Waals surface area (Å²) in [5.74, 6) is 0.622. The van der Waals surface area contributed by atoms with Crippen molar-refractivity contribution in [3.63, 3.8) is 0 Å². The summed E-state index contributed by atoms with van der Waals surface area (Å²) >= 11 is 1.50. The molecular weight excluding hydrogens is 362 g/mol. The number of carbonyl (C=O) groups is 2. The number of thioether (sulfide) groups is 1. The van der Waals surface area contributed by atoms with E-state index in [9.17, 15) is 9.59 Å². The maximum Gasteiger partial charge on any atom is 0.254 e. The zero-order chi connectivity index (χ0) is 19.7. The van der Waals surface area contributed by atoms with E-state index in [0.717, 1.165) is 27.5 Å². The molecule has 7 heteroatoms. The van der Waals surface area contributed by atoms with E-state index >= 15 is 0 Å². The topological polar surface area (TPSA) is 71.5 Å². The standard InChI is InChI=1S/C20H23N3O3S/c1-11-9-21-16(12(2)18(11)26-5)10-23(4)20(25)14-6-7-17-15(8-14)22-19(24)13(3)27-17/h6-9,13H,10H2,1-5H3,(H,22,24). The molecule has 6 nitrogen and oxygen atoms in total. The summed E-state index contributed by atoms with van der Waals surface area (Å²) in [5, 5.41) is 2.73. The van der Waals surface area contributed by atoms with Crippen molar-refractivity contribution >= 4 is 29.3 Å². The van der Waals surface area contributed by atoms with E-state index < -0.39 is 0 Å². The number of nitrogens with one attached hydrogen (secondary N) is 1. The fraction of sp³-hybridized carbons (Fsp3) is 0.350. The van der Waals surface area contributed by atoms with Crippen LogP contribution in [0.1, 0.15) is 34.1 Å². The van der Waals surface area contributed by atoms with E-state index in [-0.39, 0.29) is 17.1 Å². The number of aromatic nitrogens is 1. The van der Waals surface area contributed by atoms with E-state index in [4.69, 9.17) is 4.74 Å². The highest BCUT2D eigenvalue weighted by atomic mass is 32.2. The largest absolute Gasteiger partial charge is 0.496 e. The highest BCUT2D eigenvalue weighted by Crippen LogP contribution is 2.36. The molecule has 0 saturated heterocycles. The zero-order valence-corrected chi connectivity index (χ0v) is 16.9. The van der Waals surface area contributed by atoms with Crippen LogP contribution < -0.4 is 10.1 Å². The number of nitrogens with zero attached hydrogens (tertiary/aromatic N) is 2. The summed E-state index contributed by atoms with van der Waals surface area (Å²) in [6.07, 6.45) is 1.76. The van der Waals surface area contributed by atoms with Gasteiger partial charge < -0.3 is 15.0 Å². The number of carbonyl (C=O) groups excluding carboxylic acids is 2. The lowest BCUT2D eigenvalue weighted by Gasteiger charge is -2.23. The number of aryl methyl sites for hydroxylation is 1. The van der Waals surface area contributed by atoms with Crippen molar-refractivity contribution in [2.45, 2.75) is 37.5 Å². The summed E-state index contributed by atoms with van der Waals surface area (Å²) < 4.78 is 5.44. The second-order valence-corrected chi connectivity index (χ2v) is 8.05. The lowest BCUT2D eigenvalue weighted by molar-refractivity contribution is -0.115. The minimum absolute atomic E-state index is 0.0444. The number of hydrogen-bond donors (Lipinski definition) is 1. The Morgan fingerprint density at radius 3 is 2.81 bits per heavy atom. The van der Waals surface area contributed by atoms with Crippen LogP contribution in [-0.4, -0.2) is 41.1 Å². The predicted molar refractivity (Wildman–Crippen MR) is 106 cm³/mol. The first-order valence-corrected chi connectivity index (χ1v) is 9.56. The first kappa shape index (κ1) is 19.2. The molecule has 2 aromatic rings. The number of hydrogen-bond acceptors (Lipinski definition) is 5. The lowest BCUT2D eigenvalue weighted by Crippen LogP contribution is -2.29. The summed E-state index contributed by atoms with van der Waals surface area (Å²) in [4.78, 5) is 31.8. The Morgan fingerprint density at radius 2 is 2.11 bits per heavy atom. The van der Waals surface area contributed by atoms with Crippen molar-refractivity contribution in [2.24, 2.45) is 0 Å². The van der Waals surface area contributed by atoms with Crippen molar-refractivity contribution in [1.29, 1.82) is 0 Å². The number of anilines is 1. The highest BCUT2D eigenvalue weighted by Gasteiger charge is 2.24. The minimum atomic E-state index is -0.132. The normalized spacial score (nSPS) is 15.7. The SMILES string of the molecule is COc1c(C)cnc(CN(C)C(=O)c2ccc3c(c2)NC(=O)C(C)S3)c1C. The van der Waals surface area contributed by atoms with Crippen molar-refractivity contribution in [2.75, 3.05) is 19.5 Å². The number of rotatable bonds is 4. The first-order chi connectivity index (χ1) is 12.8. The maximum atomic E-state index is 12.9. The molecule has 1 unspecified atom stereocenters. The van der Waals surface area contributed by atoms with Gasteiger partial charge in [-0.3, -0.25) is 14.6 Å². The molecule has 27 heavy (non-hydrogen) atoms. The zero-order valence-electron chi connectivity index (χ0n) is 16.1. The molecule has 1 aromatic heterocycles. The van der Waals surface area contributed by atoms with E-state index in [1.807, 2.05) is 26.8 Å². The molecule has 0 radical (unpaired) electrons. The van der Waals surface area contributed by atoms with Gasteiger partial charge >= 0.3 is 0 Å². The van der Waals surface area contributed by atoms with Gasteiger partial charge in [-0.05, 0) is 39.0 Å². The van der Waals surface area contributed by atoms with Gasteiger partial charge in [-0.25, -0.2) is 0 Å². The molecule has 1 N–H and O–H groups in total. The van der Waals surface area contributed by atoms with Crippen molar-refractivity contribution in [1.82, 2.24) is 9.88 Å². The molecule has 1 aliphatic rings. The second-order valence-electron chi connectivity index (χ2n) is 6.67. The number of ether oxygens (including phenoxy) is 1. The monoisotopic (exact) mass is 385 g/mol. The van der Waals surface area contributed by atoms with Crippen LogP contribution >= 0.6 is 11.8 Å². The lowest BCUT2D eigenvalue weighted by atomic mass is 10.1. The smallest absolute Gasteiger partial charge is 0.254 e. The quantitative estimate of drug-likeness (QED) is 0.873. The fourth-order valence-corrected chi connectivity index (χ4v) is 4.02. The van der Waals surface area contributed by atoms with Gasteiger partial charge in [0.2, 0.25) is 5.91 Å². The third-order valence-corrected chi connectivity index (χ3v) is 5.82. The van der Waals surface area contributed by atoms with Gasteiger partial charge in [-0.15, -0.1) is 11.8 Å². The molecule has 1 aliphatic heterocycles. The minimum Gasteiger partial charge on any atom is -0.496 e. The molecule has 0 aliphatic carbocycles. The summed E-state index contributed by atoms with van der Waals surface area (Å²) in [6.45, 7) is 6.12. The van der Waals surface area contributed by atoms with Crippen molar-refractivity contribution < 1.29 is 14.3 Å². The van der Waals surface area contributed by atoms with Gasteiger partial charge in [-0.1, -0.05) is 0 Å². The number of pyridine rings is 1. The molecule has 0 spiro atoms. The molecule has 1 aromatic carbocycles. The van der Waals surface area contributed by atoms with Crippen molar-refractivity contribution in [3.05, 3.63) is 46.8 Å². The third-order valence-electron chi connectivity index (χ3n) is 4.64. The van der Waals surface area contributed by atoms with Crippen LogP contribution in [0.2, 0.25) is 0 Å². The fourth-order valence-electron chi connectivity index (χ4n) is 3.09. The van der Waals surface area contributed by atoms with Crippen LogP contribution in [0.3, 0.4) is 0 Å². The Morgan fingerprint density at radius 1 is 1.37 bits per heavy atom. The van der Waals surface area contributed by atoms with Crippen LogP contribution in [0.15, 0.2) is 29.3 Å². The first-order valence-electron chi connectivity index (χ1n) is 8.68. The number of methoxy groups -OCH3 is 1. The molecule has 142 valence electrons. The second kappa shape index (κ2) is 7.60. The van der Waals surface area contributed by atoms with E-state index in [0.29, 0.717) is 17.8 Å². The van der Waals surface area contributed by atoms with Crippen molar-refractivity contribution in [3.8, 4) is 5.75 Å². The van der Waals surface area contributed by atoms with Gasteiger partial charge in [0.25, 0.3) is 5.91 Å². The number of amides is 2. The van der Waals surface area contributed by atoms with Gasteiger partial charge in [-0.2, -0.15) is 0 Å². The molecule has 1 atom stereocenters. The Balaban J connectivity index is 1.81. The molecule has 0 fully saturated rings. The number of fused-ring (bicyclic) bond motifs is 1. The average Bonchev–Trinajstić information content (AvgIpc) is 2.64. The summed E-state index contributed by atoms with van der Waals surface area (Å²) in [7, 11) is 3.37. The van der Waals surface area contributed by atoms with Crippen LogP contribution in [0.25, 0.3) is 0 Å². The molecule has 3 rings (SSSR count). The van der Waals surface area contributed by atoms with E-state index in [1.54, 1.807) is 37.4 Å². The third kappa shape index (κ3) is 3.78. The maximum absolute atomic E-state index is 12.9. The van der Waals surface area contributed by atoms with Gasteiger partial charge in [0.1, 0.15) is 5.75 Å². The Bertz CT molecular complexity index is 914. The van der Waals surface area contributed by atoms with Gasteiger partial charge in [0, 0.05) is 34.8 Å². The van der Waals surface area contributed by atoms with Crippen LogP contribution in [-0.2, 0) is 11.3 Å². The van der Waals surface area contributed by atoms with E-state index in [2.05, 4.69) is 10.3 Å². The Labute approximate surface area is 163 Å². The summed E-state index contributed by atoms with van der Waals surface area (Å²) in [5.41, 5.74) is 3.91. The molecule has 2 amide bonds. The summed E-state index contributed by atoms with van der Waals surface area (Å²) in [6, 6.07) is 5.42. The van der Waals surface area contributed by atoms with Gasteiger partial charge in [0.15, 0.2) is 0 Å². The van der Waals surface area contributed by atoms with E-state index in [1.165, 1.54) is 11.8 Å². The average molecular weight is 385 g/mol. The van der Waals surface area contributed by atoms with Crippen LogP contribution in [0, 0.1) is 13.8 Å². The highest BCUT2D eigenvalue weighted by molar-refractivity contribution is 8.00.